The third-order valence-electron chi connectivity index (χ3n) is 3.54. The number of nitrogens with one attached hydrogen (secondary N) is 1. The second-order valence-corrected chi connectivity index (χ2v) is 5.42. The van der Waals surface area contributed by atoms with Crippen LogP contribution in [0.3, 0.4) is 0 Å². The lowest BCUT2D eigenvalue weighted by molar-refractivity contribution is -0.384. The molecular formula is C12H15N3O4. The zero-order chi connectivity index (χ0) is 14.2. The Bertz CT molecular complexity index is 542. The van der Waals surface area contributed by atoms with Crippen molar-refractivity contribution in [3.8, 4) is 0 Å². The SMILES string of the molecule is CC1(C)CC1CNc1ncc(C(=O)O)cc1[N+](=O)[O-]. The van der Waals surface area contributed by atoms with Crippen LogP contribution in [0.25, 0.3) is 0 Å². The normalized spacial score (nSPS) is 19.8. The third-order valence-corrected chi connectivity index (χ3v) is 3.54. The fourth-order valence-electron chi connectivity index (χ4n) is 1.99. The van der Waals surface area contributed by atoms with E-state index in [0.717, 1.165) is 18.7 Å². The lowest BCUT2D eigenvalue weighted by Gasteiger charge is -2.07. The van der Waals surface area contributed by atoms with Crippen molar-refractivity contribution in [2.45, 2.75) is 20.3 Å². The summed E-state index contributed by atoms with van der Waals surface area (Å²) in [4.78, 5) is 24.9. The second-order valence-electron chi connectivity index (χ2n) is 5.42. The van der Waals surface area contributed by atoms with Crippen LogP contribution >= 0.6 is 0 Å². The van der Waals surface area contributed by atoms with Gasteiger partial charge in [0.05, 0.1) is 10.5 Å². The molecule has 0 amide bonds. The molecule has 0 bridgehead atoms. The van der Waals surface area contributed by atoms with Gasteiger partial charge in [0.25, 0.3) is 0 Å². The highest BCUT2D eigenvalue weighted by Gasteiger charge is 2.45. The molecule has 1 unspecified atom stereocenters. The molecule has 1 aromatic heterocycles. The fourth-order valence-corrected chi connectivity index (χ4v) is 1.99. The van der Waals surface area contributed by atoms with Crippen molar-refractivity contribution < 1.29 is 14.8 Å². The number of hydrogen-bond donors (Lipinski definition) is 2. The van der Waals surface area contributed by atoms with E-state index in [9.17, 15) is 14.9 Å². The van der Waals surface area contributed by atoms with E-state index in [-0.39, 0.29) is 22.5 Å². The van der Waals surface area contributed by atoms with Crippen LogP contribution in [-0.4, -0.2) is 27.5 Å². The summed E-state index contributed by atoms with van der Waals surface area (Å²) in [7, 11) is 0. The van der Waals surface area contributed by atoms with Gasteiger partial charge in [-0.3, -0.25) is 10.1 Å². The molecule has 0 aliphatic heterocycles. The van der Waals surface area contributed by atoms with E-state index in [4.69, 9.17) is 5.11 Å². The predicted octanol–water partition coefficient (Wildman–Crippen LogP) is 2.15. The number of nitro groups is 1. The summed E-state index contributed by atoms with van der Waals surface area (Å²) in [6, 6.07) is 1.02. The number of rotatable bonds is 5. The lowest BCUT2D eigenvalue weighted by Crippen LogP contribution is -2.11. The van der Waals surface area contributed by atoms with Crippen LogP contribution in [0.2, 0.25) is 0 Å². The van der Waals surface area contributed by atoms with Crippen molar-refractivity contribution in [1.82, 2.24) is 4.98 Å². The summed E-state index contributed by atoms with van der Waals surface area (Å²) in [5, 5.41) is 22.6. The van der Waals surface area contributed by atoms with Crippen molar-refractivity contribution in [2.24, 2.45) is 11.3 Å². The van der Waals surface area contributed by atoms with Crippen molar-refractivity contribution in [3.63, 3.8) is 0 Å². The molecule has 1 heterocycles. The number of aromatic nitrogens is 1. The van der Waals surface area contributed by atoms with Gasteiger partial charge in [-0.25, -0.2) is 9.78 Å². The Hall–Kier alpha value is -2.18. The number of carboxylic acid groups (broad SMARTS) is 1. The number of hydrogen-bond acceptors (Lipinski definition) is 5. The van der Waals surface area contributed by atoms with Gasteiger partial charge in [0, 0.05) is 18.8 Å². The van der Waals surface area contributed by atoms with Gasteiger partial charge in [-0.05, 0) is 17.8 Å². The highest BCUT2D eigenvalue weighted by Crippen LogP contribution is 2.51. The van der Waals surface area contributed by atoms with Crippen LogP contribution < -0.4 is 5.32 Å². The maximum absolute atomic E-state index is 10.9. The van der Waals surface area contributed by atoms with E-state index in [0.29, 0.717) is 12.5 Å². The van der Waals surface area contributed by atoms with E-state index >= 15 is 0 Å². The largest absolute Gasteiger partial charge is 0.478 e. The first-order valence-electron chi connectivity index (χ1n) is 5.93. The molecule has 1 aromatic rings. The van der Waals surface area contributed by atoms with Crippen molar-refractivity contribution in [3.05, 3.63) is 27.9 Å². The minimum Gasteiger partial charge on any atom is -0.478 e. The monoisotopic (exact) mass is 265 g/mol. The average molecular weight is 265 g/mol. The molecule has 102 valence electrons. The summed E-state index contributed by atoms with van der Waals surface area (Å²) in [6.07, 6.45) is 2.19. The zero-order valence-corrected chi connectivity index (χ0v) is 10.7. The molecule has 1 aliphatic carbocycles. The minimum absolute atomic E-state index is 0.123. The Morgan fingerprint density at radius 2 is 2.32 bits per heavy atom. The number of carbonyl (C=O) groups is 1. The first-order valence-corrected chi connectivity index (χ1v) is 5.93. The van der Waals surface area contributed by atoms with E-state index < -0.39 is 10.9 Å². The van der Waals surface area contributed by atoms with Crippen LogP contribution in [0.4, 0.5) is 11.5 Å². The molecule has 19 heavy (non-hydrogen) atoms. The van der Waals surface area contributed by atoms with Gasteiger partial charge < -0.3 is 10.4 Å². The van der Waals surface area contributed by atoms with Gasteiger partial charge >= 0.3 is 11.7 Å². The molecular weight excluding hydrogens is 250 g/mol. The van der Waals surface area contributed by atoms with Crippen LogP contribution in [-0.2, 0) is 0 Å². The topological polar surface area (TPSA) is 105 Å². The molecule has 7 heteroatoms. The number of nitrogens with zero attached hydrogens (tertiary/aromatic N) is 2. The Balaban J connectivity index is 2.15. The molecule has 1 fully saturated rings. The molecule has 7 nitrogen and oxygen atoms in total. The summed E-state index contributed by atoms with van der Waals surface area (Å²) in [6.45, 7) is 4.87. The van der Waals surface area contributed by atoms with Gasteiger partial charge in [0.1, 0.15) is 0 Å². The predicted molar refractivity (Wildman–Crippen MR) is 68.2 cm³/mol. The number of aromatic carboxylic acids is 1. The van der Waals surface area contributed by atoms with E-state index in [1.807, 2.05) is 0 Å². The minimum atomic E-state index is -1.23. The Labute approximate surface area is 109 Å². The van der Waals surface area contributed by atoms with Crippen molar-refractivity contribution in [2.75, 3.05) is 11.9 Å². The highest BCUT2D eigenvalue weighted by atomic mass is 16.6. The van der Waals surface area contributed by atoms with Crippen molar-refractivity contribution in [1.29, 1.82) is 0 Å². The standard InChI is InChI=1S/C12H15N3O4/c1-12(2)4-8(12)6-14-10-9(15(18)19)3-7(5-13-10)11(16)17/h3,5,8H,4,6H2,1-2H3,(H,13,14)(H,16,17). The van der Waals surface area contributed by atoms with Crippen LogP contribution in [0, 0.1) is 21.4 Å². The van der Waals surface area contributed by atoms with Gasteiger partial charge in [0.15, 0.2) is 0 Å². The summed E-state index contributed by atoms with van der Waals surface area (Å²) in [5.41, 5.74) is -0.231. The highest BCUT2D eigenvalue weighted by molar-refractivity contribution is 5.88. The molecule has 0 aromatic carbocycles. The van der Waals surface area contributed by atoms with Gasteiger partial charge in [-0.1, -0.05) is 13.8 Å². The maximum atomic E-state index is 10.9. The van der Waals surface area contributed by atoms with Gasteiger partial charge in [0.2, 0.25) is 5.82 Å². The smallest absolute Gasteiger partial charge is 0.337 e. The summed E-state index contributed by atoms with van der Waals surface area (Å²) in [5.74, 6) is -0.642. The summed E-state index contributed by atoms with van der Waals surface area (Å²) >= 11 is 0. The van der Waals surface area contributed by atoms with Crippen LogP contribution in [0.1, 0.15) is 30.6 Å². The van der Waals surface area contributed by atoms with E-state index in [1.165, 1.54) is 0 Å². The Morgan fingerprint density at radius 3 is 2.79 bits per heavy atom. The summed E-state index contributed by atoms with van der Waals surface area (Å²) < 4.78 is 0. The molecule has 0 radical (unpaired) electrons. The Kier molecular flexibility index (Phi) is 3.13. The molecule has 2 N–H and O–H groups in total. The average Bonchev–Trinajstić information content (AvgIpc) is 2.94. The zero-order valence-electron chi connectivity index (χ0n) is 10.7. The van der Waals surface area contributed by atoms with Gasteiger partial charge in [-0.2, -0.15) is 0 Å². The molecule has 1 saturated carbocycles. The second kappa shape index (κ2) is 4.49. The number of anilines is 1. The molecule has 1 aliphatic rings. The fraction of sp³-hybridized carbons (Fsp3) is 0.500. The van der Waals surface area contributed by atoms with Crippen LogP contribution in [0.5, 0.6) is 0 Å². The molecule has 2 rings (SSSR count). The molecule has 0 saturated heterocycles. The Morgan fingerprint density at radius 1 is 1.68 bits per heavy atom. The third kappa shape index (κ3) is 2.81. The number of carboxylic acids is 1. The van der Waals surface area contributed by atoms with Crippen molar-refractivity contribution >= 4 is 17.5 Å². The van der Waals surface area contributed by atoms with E-state index in [2.05, 4.69) is 24.1 Å². The lowest BCUT2D eigenvalue weighted by atomic mass is 10.1. The first kappa shape index (κ1) is 13.3. The van der Waals surface area contributed by atoms with Crippen LogP contribution in [0.15, 0.2) is 12.3 Å². The van der Waals surface area contributed by atoms with E-state index in [1.54, 1.807) is 0 Å². The molecule has 1 atom stereocenters. The number of pyridine rings is 1. The first-order chi connectivity index (χ1) is 8.81. The molecule has 0 spiro atoms. The quantitative estimate of drug-likeness (QED) is 0.624. The maximum Gasteiger partial charge on any atom is 0.337 e. The van der Waals surface area contributed by atoms with Gasteiger partial charge in [-0.15, -0.1) is 0 Å².